The average Bonchev–Trinajstić information content (AvgIpc) is 2.95. The van der Waals surface area contributed by atoms with Crippen molar-refractivity contribution in [2.45, 2.75) is 32.2 Å². The Morgan fingerprint density at radius 1 is 1.36 bits per heavy atom. The van der Waals surface area contributed by atoms with Crippen LogP contribution in [-0.4, -0.2) is 31.0 Å². The van der Waals surface area contributed by atoms with Crippen molar-refractivity contribution in [3.63, 3.8) is 0 Å². The lowest BCUT2D eigenvalue weighted by Crippen LogP contribution is -2.22. The number of halogens is 2. The van der Waals surface area contributed by atoms with Gasteiger partial charge in [-0.25, -0.2) is 4.39 Å². The van der Waals surface area contributed by atoms with Gasteiger partial charge in [0.25, 0.3) is 5.91 Å². The zero-order chi connectivity index (χ0) is 20.3. The molecule has 0 bridgehead atoms. The van der Waals surface area contributed by atoms with Crippen molar-refractivity contribution in [1.29, 1.82) is 0 Å². The summed E-state index contributed by atoms with van der Waals surface area (Å²) in [6.07, 6.45) is 0.419. The fourth-order valence-electron chi connectivity index (χ4n) is 2.94. The summed E-state index contributed by atoms with van der Waals surface area (Å²) in [7, 11) is 0. The lowest BCUT2D eigenvalue weighted by atomic mass is 10.1. The molecule has 2 aromatic rings. The van der Waals surface area contributed by atoms with Gasteiger partial charge in [0.2, 0.25) is 0 Å². The van der Waals surface area contributed by atoms with Crippen molar-refractivity contribution >= 4 is 39.9 Å². The first kappa shape index (κ1) is 20.8. The zero-order valence-corrected chi connectivity index (χ0v) is 17.8. The van der Waals surface area contributed by atoms with Crippen LogP contribution in [0.3, 0.4) is 0 Å². The van der Waals surface area contributed by atoms with E-state index in [1.54, 1.807) is 0 Å². The van der Waals surface area contributed by atoms with Crippen LogP contribution < -0.4 is 15.8 Å². The molecule has 1 aliphatic heterocycles. The molecule has 6 nitrogen and oxygen atoms in total. The smallest absolute Gasteiger partial charge is 0.254 e. The highest BCUT2D eigenvalue weighted by Crippen LogP contribution is 2.31. The maximum absolute atomic E-state index is 14.1. The average molecular weight is 500 g/mol. The summed E-state index contributed by atoms with van der Waals surface area (Å²) < 4.78 is 32.1. The molecule has 8 heteroatoms. The molecular formula is C20H22FIN2O4. The first-order chi connectivity index (χ1) is 13.2. The molecule has 1 aliphatic rings. The van der Waals surface area contributed by atoms with E-state index in [0.29, 0.717) is 18.7 Å². The minimum Gasteiger partial charge on any atom is -0.492 e. The summed E-state index contributed by atoms with van der Waals surface area (Å²) in [5.74, 6) is -1.76. The van der Waals surface area contributed by atoms with Gasteiger partial charge in [0.15, 0.2) is 5.79 Å². The molecule has 0 saturated carbocycles. The van der Waals surface area contributed by atoms with E-state index < -0.39 is 17.5 Å². The van der Waals surface area contributed by atoms with Crippen molar-refractivity contribution in [1.82, 2.24) is 0 Å². The van der Waals surface area contributed by atoms with E-state index >= 15 is 0 Å². The van der Waals surface area contributed by atoms with Crippen molar-refractivity contribution in [2.24, 2.45) is 5.73 Å². The Labute approximate surface area is 176 Å². The molecule has 1 fully saturated rings. The Morgan fingerprint density at radius 2 is 2.07 bits per heavy atom. The SMILES string of the molecule is CC1(C)OCC(CCOc2cc(F)cc(Nc3ccc(I)cc3)c2C(N)=O)O1. The van der Waals surface area contributed by atoms with Gasteiger partial charge in [0, 0.05) is 21.7 Å². The van der Waals surface area contributed by atoms with E-state index in [1.807, 2.05) is 38.1 Å². The molecule has 1 atom stereocenters. The van der Waals surface area contributed by atoms with Gasteiger partial charge in [-0.05, 0) is 66.8 Å². The Kier molecular flexibility index (Phi) is 6.41. The molecule has 150 valence electrons. The van der Waals surface area contributed by atoms with Gasteiger partial charge >= 0.3 is 0 Å². The molecule has 2 aromatic carbocycles. The van der Waals surface area contributed by atoms with Crippen LogP contribution >= 0.6 is 22.6 Å². The molecule has 1 unspecified atom stereocenters. The number of amides is 1. The number of carbonyl (C=O) groups is 1. The summed E-state index contributed by atoms with van der Waals surface area (Å²) in [5, 5.41) is 3.04. The second kappa shape index (κ2) is 8.62. The normalized spacial score (nSPS) is 18.1. The fraction of sp³-hybridized carbons (Fsp3) is 0.350. The Balaban J connectivity index is 1.75. The molecule has 0 aromatic heterocycles. The van der Waals surface area contributed by atoms with Crippen LogP contribution in [-0.2, 0) is 9.47 Å². The van der Waals surface area contributed by atoms with E-state index in [1.165, 1.54) is 6.07 Å². The quantitative estimate of drug-likeness (QED) is 0.558. The van der Waals surface area contributed by atoms with Crippen molar-refractivity contribution in [2.75, 3.05) is 18.5 Å². The molecule has 3 rings (SSSR count). The topological polar surface area (TPSA) is 82.8 Å². The number of benzene rings is 2. The summed E-state index contributed by atoms with van der Waals surface area (Å²) in [6, 6.07) is 9.84. The third-order valence-electron chi connectivity index (χ3n) is 4.20. The monoisotopic (exact) mass is 500 g/mol. The highest BCUT2D eigenvalue weighted by atomic mass is 127. The van der Waals surface area contributed by atoms with Crippen molar-refractivity contribution in [3.8, 4) is 5.75 Å². The first-order valence-corrected chi connectivity index (χ1v) is 9.92. The van der Waals surface area contributed by atoms with Gasteiger partial charge in [-0.1, -0.05) is 0 Å². The minimum atomic E-state index is -0.704. The Morgan fingerprint density at radius 3 is 2.68 bits per heavy atom. The van der Waals surface area contributed by atoms with Crippen LogP contribution in [0.2, 0.25) is 0 Å². The Hall–Kier alpha value is -1.91. The molecule has 1 amide bonds. The fourth-order valence-corrected chi connectivity index (χ4v) is 3.30. The van der Waals surface area contributed by atoms with Crippen LogP contribution in [0.25, 0.3) is 0 Å². The van der Waals surface area contributed by atoms with Gasteiger partial charge in [-0.3, -0.25) is 4.79 Å². The standard InChI is InChI=1S/C20H22FIN2O4/c1-20(2)27-11-15(28-20)7-8-26-17-10-12(21)9-16(18(17)19(23)25)24-14-5-3-13(22)4-6-14/h3-6,9-10,15,24H,7-8,11H2,1-2H3,(H2,23,25). The Bertz CT molecular complexity index is 858. The van der Waals surface area contributed by atoms with E-state index in [2.05, 4.69) is 27.9 Å². The maximum Gasteiger partial charge on any atom is 0.254 e. The van der Waals surface area contributed by atoms with E-state index in [-0.39, 0.29) is 29.7 Å². The lowest BCUT2D eigenvalue weighted by Gasteiger charge is -2.18. The van der Waals surface area contributed by atoms with Crippen molar-refractivity contribution in [3.05, 3.63) is 51.3 Å². The summed E-state index contributed by atoms with van der Waals surface area (Å²) in [6.45, 7) is 4.38. The number of carbonyl (C=O) groups excluding carboxylic acids is 1. The van der Waals surface area contributed by atoms with Crippen LogP contribution in [0.15, 0.2) is 36.4 Å². The van der Waals surface area contributed by atoms with Gasteiger partial charge < -0.3 is 25.3 Å². The molecule has 28 heavy (non-hydrogen) atoms. The summed E-state index contributed by atoms with van der Waals surface area (Å²) >= 11 is 2.19. The first-order valence-electron chi connectivity index (χ1n) is 8.84. The molecule has 1 heterocycles. The number of hydrogen-bond acceptors (Lipinski definition) is 5. The lowest BCUT2D eigenvalue weighted by molar-refractivity contribution is -0.139. The number of hydrogen-bond donors (Lipinski definition) is 2. The largest absolute Gasteiger partial charge is 0.492 e. The van der Waals surface area contributed by atoms with Gasteiger partial charge in [0.05, 0.1) is 25.0 Å². The summed E-state index contributed by atoms with van der Waals surface area (Å²) in [4.78, 5) is 12.0. The third-order valence-corrected chi connectivity index (χ3v) is 4.92. The van der Waals surface area contributed by atoms with Gasteiger partial charge in [-0.15, -0.1) is 0 Å². The highest BCUT2D eigenvalue weighted by molar-refractivity contribution is 14.1. The highest BCUT2D eigenvalue weighted by Gasteiger charge is 2.32. The molecule has 0 spiro atoms. The third kappa shape index (κ3) is 5.33. The number of anilines is 2. The number of primary amides is 1. The zero-order valence-electron chi connectivity index (χ0n) is 15.6. The molecule has 3 N–H and O–H groups in total. The summed E-state index contributed by atoms with van der Waals surface area (Å²) in [5.41, 5.74) is 6.61. The van der Waals surface area contributed by atoms with Crippen LogP contribution in [0.5, 0.6) is 5.75 Å². The van der Waals surface area contributed by atoms with E-state index in [0.717, 1.165) is 9.64 Å². The minimum absolute atomic E-state index is 0.0960. The second-order valence-electron chi connectivity index (χ2n) is 6.91. The number of nitrogens with one attached hydrogen (secondary N) is 1. The molecule has 0 radical (unpaired) electrons. The van der Waals surface area contributed by atoms with Gasteiger partial charge in [0.1, 0.15) is 17.1 Å². The van der Waals surface area contributed by atoms with Crippen LogP contribution in [0.4, 0.5) is 15.8 Å². The maximum atomic E-state index is 14.1. The van der Waals surface area contributed by atoms with Crippen molar-refractivity contribution < 1.29 is 23.4 Å². The van der Waals surface area contributed by atoms with Crippen LogP contribution in [0, 0.1) is 9.39 Å². The predicted molar refractivity (Wildman–Crippen MR) is 112 cm³/mol. The second-order valence-corrected chi connectivity index (χ2v) is 8.16. The van der Waals surface area contributed by atoms with E-state index in [9.17, 15) is 9.18 Å². The van der Waals surface area contributed by atoms with Crippen LogP contribution in [0.1, 0.15) is 30.6 Å². The molecular weight excluding hydrogens is 478 g/mol. The molecule has 0 aliphatic carbocycles. The number of rotatable bonds is 7. The number of ether oxygens (including phenoxy) is 3. The predicted octanol–water partition coefficient (Wildman–Crippen LogP) is 4.19. The number of nitrogens with two attached hydrogens (primary N) is 1. The molecule has 1 saturated heterocycles. The van der Waals surface area contributed by atoms with E-state index in [4.69, 9.17) is 19.9 Å². The van der Waals surface area contributed by atoms with Gasteiger partial charge in [-0.2, -0.15) is 0 Å².